The molecular weight excluding hydrogens is 375 g/mol. The number of urea groups is 1. The Labute approximate surface area is 159 Å². The maximum absolute atomic E-state index is 13.2. The summed E-state index contributed by atoms with van der Waals surface area (Å²) in [6, 6.07) is 5.07. The second kappa shape index (κ2) is 9.13. The molecule has 1 heterocycles. The Kier molecular flexibility index (Phi) is 6.89. The highest BCUT2D eigenvalue weighted by atomic mass is 32.1. The lowest BCUT2D eigenvalue weighted by molar-refractivity contribution is -0.137. The van der Waals surface area contributed by atoms with Crippen LogP contribution in [0, 0.1) is 5.82 Å². The van der Waals surface area contributed by atoms with E-state index in [1.54, 1.807) is 12.3 Å². The summed E-state index contributed by atoms with van der Waals surface area (Å²) in [4.78, 5) is 36.5. The second-order valence-electron chi connectivity index (χ2n) is 5.58. The number of anilines is 1. The van der Waals surface area contributed by atoms with E-state index in [2.05, 4.69) is 5.32 Å². The molecule has 9 heteroatoms. The first kappa shape index (κ1) is 20.4. The van der Waals surface area contributed by atoms with E-state index in [1.165, 1.54) is 36.2 Å². The number of esters is 1. The van der Waals surface area contributed by atoms with E-state index in [4.69, 9.17) is 9.84 Å². The van der Waals surface area contributed by atoms with Crippen LogP contribution in [0.2, 0.25) is 0 Å². The van der Waals surface area contributed by atoms with E-state index in [9.17, 15) is 18.8 Å². The summed E-state index contributed by atoms with van der Waals surface area (Å²) in [7, 11) is 1.46. The standard InChI is InChI=1S/C18H19FN2O5S/c1-3-26-17(24)15-13(11-4-6-12(19)7-5-11)10-27-16(15)20-18(25)21(2)9-8-14(22)23/h4-7,10H,3,8-9H2,1-2H3,(H,20,25)(H,22,23). The van der Waals surface area contributed by atoms with Gasteiger partial charge in [0.05, 0.1) is 13.0 Å². The van der Waals surface area contributed by atoms with Gasteiger partial charge in [0.1, 0.15) is 16.4 Å². The Hall–Kier alpha value is -2.94. The fourth-order valence-electron chi connectivity index (χ4n) is 2.26. The number of carboxylic acids is 1. The fourth-order valence-corrected chi connectivity index (χ4v) is 3.20. The molecule has 0 bridgehead atoms. The normalized spacial score (nSPS) is 10.3. The van der Waals surface area contributed by atoms with Gasteiger partial charge < -0.3 is 14.7 Å². The summed E-state index contributed by atoms with van der Waals surface area (Å²) in [6.45, 7) is 1.84. The molecule has 1 aromatic heterocycles. The smallest absolute Gasteiger partial charge is 0.341 e. The number of carbonyl (C=O) groups excluding carboxylic acids is 2. The van der Waals surface area contributed by atoms with Crippen molar-refractivity contribution in [2.45, 2.75) is 13.3 Å². The SMILES string of the molecule is CCOC(=O)c1c(-c2ccc(F)cc2)csc1NC(=O)N(C)CCC(=O)O. The van der Waals surface area contributed by atoms with Gasteiger partial charge in [-0.05, 0) is 24.6 Å². The molecule has 2 amide bonds. The average Bonchev–Trinajstić information content (AvgIpc) is 3.04. The predicted molar refractivity (Wildman–Crippen MR) is 99.6 cm³/mol. The number of carboxylic acid groups (broad SMARTS) is 1. The number of benzene rings is 1. The number of hydrogen-bond acceptors (Lipinski definition) is 5. The molecule has 144 valence electrons. The van der Waals surface area contributed by atoms with Crippen molar-refractivity contribution in [2.24, 2.45) is 0 Å². The monoisotopic (exact) mass is 394 g/mol. The zero-order chi connectivity index (χ0) is 20.0. The highest BCUT2D eigenvalue weighted by Gasteiger charge is 2.23. The number of amides is 2. The molecule has 27 heavy (non-hydrogen) atoms. The molecule has 0 aliphatic carbocycles. The summed E-state index contributed by atoms with van der Waals surface area (Å²) in [5.41, 5.74) is 1.30. The van der Waals surface area contributed by atoms with Crippen LogP contribution in [0.5, 0.6) is 0 Å². The minimum absolute atomic E-state index is 0.0199. The number of ether oxygens (including phenoxy) is 1. The van der Waals surface area contributed by atoms with Gasteiger partial charge in [-0.15, -0.1) is 11.3 Å². The van der Waals surface area contributed by atoms with Gasteiger partial charge in [-0.3, -0.25) is 10.1 Å². The van der Waals surface area contributed by atoms with Crippen molar-refractivity contribution in [3.8, 4) is 11.1 Å². The number of rotatable bonds is 7. The van der Waals surface area contributed by atoms with Gasteiger partial charge >= 0.3 is 18.0 Å². The van der Waals surface area contributed by atoms with Crippen LogP contribution in [0.25, 0.3) is 11.1 Å². The lowest BCUT2D eigenvalue weighted by Gasteiger charge is -2.17. The van der Waals surface area contributed by atoms with E-state index < -0.39 is 23.8 Å². The molecule has 0 unspecified atom stereocenters. The topological polar surface area (TPSA) is 95.9 Å². The first-order valence-electron chi connectivity index (χ1n) is 8.12. The minimum atomic E-state index is -1.02. The van der Waals surface area contributed by atoms with Crippen molar-refractivity contribution in [2.75, 3.05) is 25.5 Å². The van der Waals surface area contributed by atoms with E-state index in [1.807, 2.05) is 0 Å². The zero-order valence-electron chi connectivity index (χ0n) is 14.8. The molecule has 2 rings (SSSR count). The third-order valence-electron chi connectivity index (χ3n) is 3.65. The van der Waals surface area contributed by atoms with Crippen LogP contribution in [0.3, 0.4) is 0 Å². The summed E-state index contributed by atoms with van der Waals surface area (Å²) in [6.07, 6.45) is -0.195. The Morgan fingerprint density at radius 3 is 2.52 bits per heavy atom. The third-order valence-corrected chi connectivity index (χ3v) is 4.55. The summed E-state index contributed by atoms with van der Waals surface area (Å²) >= 11 is 1.13. The fraction of sp³-hybridized carbons (Fsp3) is 0.278. The summed E-state index contributed by atoms with van der Waals surface area (Å²) in [5.74, 6) is -2.03. The Balaban J connectivity index is 2.30. The minimum Gasteiger partial charge on any atom is -0.481 e. The molecule has 1 aromatic carbocycles. The summed E-state index contributed by atoms with van der Waals surface area (Å²) in [5, 5.41) is 13.3. The van der Waals surface area contributed by atoms with Crippen LogP contribution in [-0.2, 0) is 9.53 Å². The first-order valence-corrected chi connectivity index (χ1v) is 8.99. The quantitative estimate of drug-likeness (QED) is 0.699. The number of thiophene rings is 1. The number of halogens is 1. The highest BCUT2D eigenvalue weighted by molar-refractivity contribution is 7.15. The average molecular weight is 394 g/mol. The van der Waals surface area contributed by atoms with Gasteiger partial charge in [-0.2, -0.15) is 0 Å². The number of nitrogens with zero attached hydrogens (tertiary/aromatic N) is 1. The van der Waals surface area contributed by atoms with Gasteiger partial charge in [0.25, 0.3) is 0 Å². The van der Waals surface area contributed by atoms with Gasteiger partial charge in [-0.25, -0.2) is 14.0 Å². The Bertz CT molecular complexity index is 835. The maximum Gasteiger partial charge on any atom is 0.341 e. The van der Waals surface area contributed by atoms with Crippen molar-refractivity contribution in [1.82, 2.24) is 4.90 Å². The van der Waals surface area contributed by atoms with E-state index in [-0.39, 0.29) is 30.1 Å². The van der Waals surface area contributed by atoms with Gasteiger partial charge in [0.2, 0.25) is 0 Å². The molecule has 7 nitrogen and oxygen atoms in total. The van der Waals surface area contributed by atoms with E-state index in [0.29, 0.717) is 11.1 Å². The van der Waals surface area contributed by atoms with E-state index in [0.717, 1.165) is 11.3 Å². The Morgan fingerprint density at radius 1 is 1.26 bits per heavy atom. The first-order chi connectivity index (χ1) is 12.8. The molecule has 0 aliphatic heterocycles. The van der Waals surface area contributed by atoms with Crippen LogP contribution in [0.1, 0.15) is 23.7 Å². The van der Waals surface area contributed by atoms with Gasteiger partial charge in [0.15, 0.2) is 0 Å². The molecule has 0 atom stereocenters. The molecule has 0 radical (unpaired) electrons. The zero-order valence-corrected chi connectivity index (χ0v) is 15.6. The van der Waals surface area contributed by atoms with Crippen LogP contribution in [0.4, 0.5) is 14.2 Å². The van der Waals surface area contributed by atoms with E-state index >= 15 is 0 Å². The van der Waals surface area contributed by atoms with Crippen molar-refractivity contribution in [3.63, 3.8) is 0 Å². The number of carbonyl (C=O) groups is 3. The number of aliphatic carboxylic acids is 1. The van der Waals surface area contributed by atoms with Crippen molar-refractivity contribution >= 4 is 34.3 Å². The molecule has 2 N–H and O–H groups in total. The molecule has 2 aromatic rings. The Morgan fingerprint density at radius 2 is 1.93 bits per heavy atom. The van der Waals surface area contributed by atoms with Crippen LogP contribution < -0.4 is 5.32 Å². The molecule has 0 spiro atoms. The molecule has 0 aliphatic rings. The summed E-state index contributed by atoms with van der Waals surface area (Å²) < 4.78 is 18.3. The maximum atomic E-state index is 13.2. The van der Waals surface area contributed by atoms with Crippen molar-refractivity contribution in [3.05, 3.63) is 41.0 Å². The van der Waals surface area contributed by atoms with Crippen molar-refractivity contribution < 1.29 is 28.6 Å². The van der Waals surface area contributed by atoms with Crippen molar-refractivity contribution in [1.29, 1.82) is 0 Å². The van der Waals surface area contributed by atoms with Gasteiger partial charge in [-0.1, -0.05) is 12.1 Å². The van der Waals surface area contributed by atoms with Crippen LogP contribution in [0.15, 0.2) is 29.6 Å². The largest absolute Gasteiger partial charge is 0.481 e. The number of nitrogens with one attached hydrogen (secondary N) is 1. The third kappa shape index (κ3) is 5.27. The molecular formula is C18H19FN2O5S. The molecule has 0 saturated heterocycles. The van der Waals surface area contributed by atoms with Crippen LogP contribution >= 0.6 is 11.3 Å². The van der Waals surface area contributed by atoms with Crippen LogP contribution in [-0.4, -0.2) is 48.2 Å². The highest BCUT2D eigenvalue weighted by Crippen LogP contribution is 2.36. The lowest BCUT2D eigenvalue weighted by atomic mass is 10.0. The second-order valence-corrected chi connectivity index (χ2v) is 6.46. The molecule has 0 saturated carbocycles. The molecule has 0 fully saturated rings. The number of hydrogen-bond donors (Lipinski definition) is 2. The lowest BCUT2D eigenvalue weighted by Crippen LogP contribution is -2.33. The van der Waals surface area contributed by atoms with Gasteiger partial charge in [0, 0.05) is 24.5 Å². The predicted octanol–water partition coefficient (Wildman–Crippen LogP) is 3.67.